The zero-order valence-electron chi connectivity index (χ0n) is 14.3. The van der Waals surface area contributed by atoms with E-state index in [1.807, 2.05) is 20.8 Å². The second kappa shape index (κ2) is 5.05. The summed E-state index contributed by atoms with van der Waals surface area (Å²) in [5.41, 5.74) is -0.491. The Hall–Kier alpha value is -1.06. The van der Waals surface area contributed by atoms with Gasteiger partial charge in [0, 0.05) is 5.54 Å². The molecule has 0 aromatic heterocycles. The molecule has 0 aliphatic carbocycles. The van der Waals surface area contributed by atoms with Crippen LogP contribution in [0.4, 0.5) is 0 Å². The maximum atomic E-state index is 12.8. The van der Waals surface area contributed by atoms with Gasteiger partial charge in [-0.15, -0.1) is 0 Å². The van der Waals surface area contributed by atoms with Crippen molar-refractivity contribution in [1.82, 2.24) is 10.2 Å². The van der Waals surface area contributed by atoms with Crippen LogP contribution >= 0.6 is 0 Å². The highest BCUT2D eigenvalue weighted by atomic mass is 16.2. The van der Waals surface area contributed by atoms with Gasteiger partial charge in [0.1, 0.15) is 12.6 Å². The van der Waals surface area contributed by atoms with Gasteiger partial charge in [0.2, 0.25) is 11.8 Å². The summed E-state index contributed by atoms with van der Waals surface area (Å²) in [7, 11) is 0. The van der Waals surface area contributed by atoms with Crippen molar-refractivity contribution >= 4 is 11.8 Å². The molecular weight excluding hydrogens is 252 g/mol. The number of nitrogens with one attached hydrogen (secondary N) is 1. The highest BCUT2D eigenvalue weighted by Gasteiger charge is 2.45. The minimum absolute atomic E-state index is 0.0337. The summed E-state index contributed by atoms with van der Waals surface area (Å²) in [5, 5.41) is 2.84. The van der Waals surface area contributed by atoms with E-state index in [1.165, 1.54) is 0 Å². The number of nitrogens with zero attached hydrogens (tertiary/aromatic N) is 1. The molecule has 1 atom stereocenters. The zero-order chi connectivity index (χ0) is 15.9. The van der Waals surface area contributed by atoms with Crippen molar-refractivity contribution in [3.05, 3.63) is 0 Å². The number of carbonyl (C=O) groups excluding carboxylic acids is 2. The van der Waals surface area contributed by atoms with Crippen LogP contribution in [0.1, 0.15) is 61.8 Å². The van der Waals surface area contributed by atoms with Gasteiger partial charge in [0.25, 0.3) is 0 Å². The largest absolute Gasteiger partial charge is 0.342 e. The third-order valence-corrected chi connectivity index (χ3v) is 3.68. The molecule has 0 radical (unpaired) electrons. The molecule has 1 unspecified atom stereocenters. The average Bonchev–Trinajstić information content (AvgIpc) is 2.15. The molecule has 0 spiro atoms. The third-order valence-electron chi connectivity index (χ3n) is 3.68. The molecule has 0 bridgehead atoms. The van der Waals surface area contributed by atoms with Crippen LogP contribution in [0.5, 0.6) is 0 Å². The predicted octanol–water partition coefficient (Wildman–Crippen LogP) is 2.57. The zero-order valence-corrected chi connectivity index (χ0v) is 14.3. The fourth-order valence-corrected chi connectivity index (χ4v) is 3.14. The van der Waals surface area contributed by atoms with Gasteiger partial charge in [-0.25, -0.2) is 0 Å². The second-order valence-electron chi connectivity index (χ2n) is 8.84. The van der Waals surface area contributed by atoms with Crippen molar-refractivity contribution in [3.8, 4) is 0 Å². The Kier molecular flexibility index (Phi) is 4.29. The first-order chi connectivity index (χ1) is 8.74. The first-order valence-electron chi connectivity index (χ1n) is 7.35. The standard InChI is InChI=1S/C16H30N2O2/c1-14(2,3)10-16(7,8)18-9-11(19)17-12(13(18)20)15(4,5)6/h12H,9-10H2,1-8H3,(H,17,19). The lowest BCUT2D eigenvalue weighted by atomic mass is 9.78. The van der Waals surface area contributed by atoms with Gasteiger partial charge in [-0.3, -0.25) is 9.59 Å². The second-order valence-corrected chi connectivity index (χ2v) is 8.84. The quantitative estimate of drug-likeness (QED) is 0.846. The molecule has 1 N–H and O–H groups in total. The molecule has 0 aromatic rings. The van der Waals surface area contributed by atoms with Crippen molar-refractivity contribution in [2.24, 2.45) is 10.8 Å². The van der Waals surface area contributed by atoms with Crippen LogP contribution in [0.25, 0.3) is 0 Å². The van der Waals surface area contributed by atoms with Crippen molar-refractivity contribution in [2.45, 2.75) is 73.4 Å². The van der Waals surface area contributed by atoms with E-state index >= 15 is 0 Å². The smallest absolute Gasteiger partial charge is 0.246 e. The maximum Gasteiger partial charge on any atom is 0.246 e. The Morgan fingerprint density at radius 3 is 1.95 bits per heavy atom. The molecule has 0 saturated carbocycles. The van der Waals surface area contributed by atoms with E-state index in [0.717, 1.165) is 6.42 Å². The van der Waals surface area contributed by atoms with Crippen LogP contribution < -0.4 is 5.32 Å². The molecule has 116 valence electrons. The van der Waals surface area contributed by atoms with Gasteiger partial charge in [0.05, 0.1) is 0 Å². The summed E-state index contributed by atoms with van der Waals surface area (Å²) < 4.78 is 0. The Balaban J connectivity index is 3.05. The molecule has 1 fully saturated rings. The Morgan fingerprint density at radius 1 is 1.05 bits per heavy atom. The number of amides is 2. The fraction of sp³-hybridized carbons (Fsp3) is 0.875. The topological polar surface area (TPSA) is 49.4 Å². The molecule has 1 rings (SSSR count). The molecule has 0 aromatic carbocycles. The lowest BCUT2D eigenvalue weighted by Crippen LogP contribution is -2.66. The molecular formula is C16H30N2O2. The Labute approximate surface area is 123 Å². The number of hydrogen-bond donors (Lipinski definition) is 1. The fourth-order valence-electron chi connectivity index (χ4n) is 3.14. The molecule has 1 aliphatic rings. The normalized spacial score (nSPS) is 22.0. The van der Waals surface area contributed by atoms with Crippen LogP contribution in [-0.2, 0) is 9.59 Å². The molecule has 4 nitrogen and oxygen atoms in total. The minimum atomic E-state index is -0.442. The van der Waals surface area contributed by atoms with Gasteiger partial charge in [0.15, 0.2) is 0 Å². The van der Waals surface area contributed by atoms with E-state index in [4.69, 9.17) is 0 Å². The number of hydrogen-bond acceptors (Lipinski definition) is 2. The van der Waals surface area contributed by atoms with Gasteiger partial charge in [-0.05, 0) is 31.1 Å². The van der Waals surface area contributed by atoms with Gasteiger partial charge < -0.3 is 10.2 Å². The SMILES string of the molecule is CC(C)(C)CC(C)(C)N1CC(=O)NC(C(C)(C)C)C1=O. The van der Waals surface area contributed by atoms with E-state index < -0.39 is 6.04 Å². The van der Waals surface area contributed by atoms with Crippen molar-refractivity contribution in [2.75, 3.05) is 6.54 Å². The van der Waals surface area contributed by atoms with Crippen molar-refractivity contribution in [3.63, 3.8) is 0 Å². The first-order valence-corrected chi connectivity index (χ1v) is 7.35. The highest BCUT2D eigenvalue weighted by Crippen LogP contribution is 2.34. The molecule has 20 heavy (non-hydrogen) atoms. The molecule has 1 saturated heterocycles. The van der Waals surface area contributed by atoms with Crippen LogP contribution in [0.2, 0.25) is 0 Å². The summed E-state index contributed by atoms with van der Waals surface area (Å²) >= 11 is 0. The van der Waals surface area contributed by atoms with Crippen molar-refractivity contribution in [1.29, 1.82) is 0 Å². The van der Waals surface area contributed by atoms with E-state index in [0.29, 0.717) is 0 Å². The number of piperazine rings is 1. The average molecular weight is 282 g/mol. The van der Waals surface area contributed by atoms with E-state index in [2.05, 4.69) is 39.9 Å². The summed E-state index contributed by atoms with van der Waals surface area (Å²) in [6, 6.07) is -0.442. The summed E-state index contributed by atoms with van der Waals surface area (Å²) in [5.74, 6) is -0.0298. The van der Waals surface area contributed by atoms with Crippen LogP contribution in [0.3, 0.4) is 0 Å². The Bertz CT molecular complexity index is 400. The number of carbonyl (C=O) groups is 2. The van der Waals surface area contributed by atoms with Gasteiger partial charge >= 0.3 is 0 Å². The molecule has 1 heterocycles. The van der Waals surface area contributed by atoms with Gasteiger partial charge in [-0.2, -0.15) is 0 Å². The molecule has 2 amide bonds. The van der Waals surface area contributed by atoms with E-state index in [-0.39, 0.29) is 34.7 Å². The lowest BCUT2D eigenvalue weighted by Gasteiger charge is -2.48. The Morgan fingerprint density at radius 2 is 1.55 bits per heavy atom. The lowest BCUT2D eigenvalue weighted by molar-refractivity contribution is -0.154. The van der Waals surface area contributed by atoms with Crippen LogP contribution in [0, 0.1) is 10.8 Å². The van der Waals surface area contributed by atoms with E-state index in [9.17, 15) is 9.59 Å². The third kappa shape index (κ3) is 3.97. The minimum Gasteiger partial charge on any atom is -0.342 e. The van der Waals surface area contributed by atoms with Crippen molar-refractivity contribution < 1.29 is 9.59 Å². The highest BCUT2D eigenvalue weighted by molar-refractivity contribution is 5.95. The number of rotatable bonds is 2. The summed E-state index contributed by atoms with van der Waals surface area (Å²) in [4.78, 5) is 26.5. The van der Waals surface area contributed by atoms with Crippen LogP contribution in [-0.4, -0.2) is 34.8 Å². The molecule has 1 aliphatic heterocycles. The van der Waals surface area contributed by atoms with Gasteiger partial charge in [-0.1, -0.05) is 41.5 Å². The van der Waals surface area contributed by atoms with E-state index in [1.54, 1.807) is 4.90 Å². The predicted molar refractivity (Wildman–Crippen MR) is 81.2 cm³/mol. The maximum absolute atomic E-state index is 12.8. The summed E-state index contributed by atoms with van der Waals surface area (Å²) in [6.07, 6.45) is 0.857. The summed E-state index contributed by atoms with van der Waals surface area (Å²) in [6.45, 7) is 16.7. The first kappa shape index (κ1) is 17.0. The molecule has 4 heteroatoms. The monoisotopic (exact) mass is 282 g/mol. The van der Waals surface area contributed by atoms with Crippen LogP contribution in [0.15, 0.2) is 0 Å².